The number of nitrogens with two attached hydrogens (primary N) is 1. The van der Waals surface area contributed by atoms with Crippen molar-refractivity contribution in [1.82, 2.24) is 10.1 Å². The fourth-order valence-electron chi connectivity index (χ4n) is 3.52. The molecule has 1 fully saturated rings. The third-order valence-corrected chi connectivity index (χ3v) is 5.03. The largest absolute Gasteiger partial charge is 0.573 e. The number of halogens is 4. The molecule has 0 saturated carbocycles. The van der Waals surface area contributed by atoms with E-state index < -0.39 is 18.0 Å². The fourth-order valence-corrected chi connectivity index (χ4v) is 3.52. The van der Waals surface area contributed by atoms with Gasteiger partial charge in [0.15, 0.2) is 0 Å². The summed E-state index contributed by atoms with van der Waals surface area (Å²) in [5.74, 6) is -1.46. The molecule has 2 heterocycles. The summed E-state index contributed by atoms with van der Waals surface area (Å²) in [6, 6.07) is 11.1. The third-order valence-electron chi connectivity index (χ3n) is 5.03. The summed E-state index contributed by atoms with van der Waals surface area (Å²) >= 11 is 0. The maximum atomic E-state index is 13.1. The van der Waals surface area contributed by atoms with Gasteiger partial charge in [0.25, 0.3) is 5.91 Å². The van der Waals surface area contributed by atoms with Gasteiger partial charge in [-0.25, -0.2) is 4.39 Å². The lowest BCUT2D eigenvalue weighted by molar-refractivity contribution is -0.274. The molecule has 0 bridgehead atoms. The van der Waals surface area contributed by atoms with Crippen molar-refractivity contribution in [1.29, 1.82) is 0 Å². The summed E-state index contributed by atoms with van der Waals surface area (Å²) in [6.45, 7) is 1.73. The Morgan fingerprint density at radius 2 is 1.75 bits per heavy atom. The minimum atomic E-state index is -4.86. The summed E-state index contributed by atoms with van der Waals surface area (Å²) in [5.41, 5.74) is 6.86. The lowest BCUT2D eigenvalue weighted by Crippen LogP contribution is -2.49. The van der Waals surface area contributed by atoms with E-state index in [1.807, 2.05) is 4.90 Å². The second-order valence-electron chi connectivity index (χ2n) is 7.10. The number of carbonyl (C=O) groups is 1. The van der Waals surface area contributed by atoms with E-state index >= 15 is 0 Å². The average Bonchev–Trinajstić information content (AvgIpc) is 3.14. The van der Waals surface area contributed by atoms with E-state index in [4.69, 9.17) is 10.3 Å². The Bertz CT molecular complexity index is 1110. The van der Waals surface area contributed by atoms with Crippen LogP contribution in [-0.4, -0.2) is 48.5 Å². The van der Waals surface area contributed by atoms with E-state index in [0.717, 1.165) is 17.8 Å². The van der Waals surface area contributed by atoms with Crippen LogP contribution in [0.5, 0.6) is 5.75 Å². The number of nitrogen functional groups attached to an aromatic ring is 1. The molecule has 1 aliphatic rings. The van der Waals surface area contributed by atoms with Crippen molar-refractivity contribution in [3.63, 3.8) is 0 Å². The number of nitrogens with zero attached hydrogens (tertiary/aromatic N) is 3. The lowest BCUT2D eigenvalue weighted by Gasteiger charge is -2.36. The highest BCUT2D eigenvalue weighted by atomic mass is 19.4. The van der Waals surface area contributed by atoms with Gasteiger partial charge >= 0.3 is 6.36 Å². The van der Waals surface area contributed by atoms with Gasteiger partial charge in [-0.1, -0.05) is 17.3 Å². The summed E-state index contributed by atoms with van der Waals surface area (Å²) in [5, 5.41) is 3.78. The van der Waals surface area contributed by atoms with Gasteiger partial charge in [-0.2, -0.15) is 0 Å². The van der Waals surface area contributed by atoms with E-state index in [-0.39, 0.29) is 28.5 Å². The number of hydrogen-bond donors (Lipinski definition) is 1. The molecular weight excluding hydrogens is 432 g/mol. The third kappa shape index (κ3) is 4.61. The van der Waals surface area contributed by atoms with Crippen molar-refractivity contribution in [3.8, 4) is 17.0 Å². The zero-order chi connectivity index (χ0) is 22.9. The van der Waals surface area contributed by atoms with Crippen molar-refractivity contribution < 1.29 is 31.6 Å². The molecule has 0 atom stereocenters. The smallest absolute Gasteiger partial charge is 0.406 e. The van der Waals surface area contributed by atoms with Crippen LogP contribution >= 0.6 is 0 Å². The molecule has 1 saturated heterocycles. The van der Waals surface area contributed by atoms with Crippen LogP contribution in [0, 0.1) is 5.82 Å². The minimum Gasteiger partial charge on any atom is -0.406 e. The minimum absolute atomic E-state index is 0.0237. The van der Waals surface area contributed by atoms with E-state index in [1.54, 1.807) is 17.0 Å². The summed E-state index contributed by atoms with van der Waals surface area (Å²) < 4.78 is 59.7. The van der Waals surface area contributed by atoms with Crippen molar-refractivity contribution >= 4 is 17.5 Å². The number of aromatic nitrogens is 1. The fraction of sp³-hybridized carbons (Fsp3) is 0.238. The molecule has 1 amide bonds. The zero-order valence-corrected chi connectivity index (χ0v) is 16.6. The highest BCUT2D eigenvalue weighted by molar-refractivity contribution is 6.03. The average molecular weight is 450 g/mol. The Labute approximate surface area is 179 Å². The number of amides is 1. The number of alkyl halides is 3. The Morgan fingerprint density at radius 1 is 1.06 bits per heavy atom. The molecule has 0 unspecified atom stereocenters. The van der Waals surface area contributed by atoms with E-state index in [2.05, 4.69) is 9.89 Å². The van der Waals surface area contributed by atoms with Crippen LogP contribution in [0.15, 0.2) is 53.1 Å². The Morgan fingerprint density at radius 3 is 2.41 bits per heavy atom. The standard InChI is InChI=1S/C21H18F4N4O3/c22-14-4-6-15(7-5-14)28-8-10-29(11-9-28)20(30)17-18(27-32-19(17)26)13-2-1-3-16(12-13)31-21(23,24)25/h1-7,12H,8-11,26H2. The van der Waals surface area contributed by atoms with E-state index in [9.17, 15) is 22.4 Å². The van der Waals surface area contributed by atoms with Crippen LogP contribution in [0.25, 0.3) is 11.3 Å². The number of piperazine rings is 1. The predicted molar refractivity (Wildman–Crippen MR) is 108 cm³/mol. The van der Waals surface area contributed by atoms with Gasteiger partial charge in [0, 0.05) is 37.4 Å². The molecule has 7 nitrogen and oxygen atoms in total. The highest BCUT2D eigenvalue weighted by Crippen LogP contribution is 2.32. The van der Waals surface area contributed by atoms with Crippen molar-refractivity contribution in [2.45, 2.75) is 6.36 Å². The molecular formula is C21H18F4N4O3. The second kappa shape index (κ2) is 8.40. The molecule has 1 aromatic heterocycles. The molecule has 2 N–H and O–H groups in total. The maximum Gasteiger partial charge on any atom is 0.573 e. The van der Waals surface area contributed by atoms with Crippen molar-refractivity contribution in [3.05, 3.63) is 59.9 Å². The molecule has 168 valence electrons. The molecule has 0 radical (unpaired) electrons. The highest BCUT2D eigenvalue weighted by Gasteiger charge is 2.32. The molecule has 2 aromatic carbocycles. The summed E-state index contributed by atoms with van der Waals surface area (Å²) in [6.07, 6.45) is -4.86. The van der Waals surface area contributed by atoms with Crippen LogP contribution in [-0.2, 0) is 0 Å². The second-order valence-corrected chi connectivity index (χ2v) is 7.10. The Kier molecular flexibility index (Phi) is 5.64. The monoisotopic (exact) mass is 450 g/mol. The topological polar surface area (TPSA) is 84.8 Å². The summed E-state index contributed by atoms with van der Waals surface area (Å²) in [4.78, 5) is 16.7. The molecule has 0 aliphatic carbocycles. The molecule has 3 aromatic rings. The van der Waals surface area contributed by atoms with Gasteiger partial charge in [0.05, 0.1) is 0 Å². The van der Waals surface area contributed by atoms with Crippen LogP contribution in [0.1, 0.15) is 10.4 Å². The summed E-state index contributed by atoms with van der Waals surface area (Å²) in [7, 11) is 0. The number of rotatable bonds is 4. The number of anilines is 2. The Balaban J connectivity index is 1.52. The van der Waals surface area contributed by atoms with Crippen molar-refractivity contribution in [2.75, 3.05) is 36.8 Å². The molecule has 4 rings (SSSR count). The normalized spacial score (nSPS) is 14.5. The van der Waals surface area contributed by atoms with Gasteiger partial charge < -0.3 is 24.8 Å². The first-order valence-corrected chi connectivity index (χ1v) is 9.62. The zero-order valence-electron chi connectivity index (χ0n) is 16.6. The quantitative estimate of drug-likeness (QED) is 0.607. The SMILES string of the molecule is Nc1onc(-c2cccc(OC(F)(F)F)c2)c1C(=O)N1CCN(c2ccc(F)cc2)CC1. The first-order chi connectivity index (χ1) is 15.2. The predicted octanol–water partition coefficient (Wildman–Crippen LogP) is 3.92. The first kappa shape index (κ1) is 21.5. The van der Waals surface area contributed by atoms with Gasteiger partial charge in [0.2, 0.25) is 5.88 Å². The van der Waals surface area contributed by atoms with E-state index in [0.29, 0.717) is 26.2 Å². The lowest BCUT2D eigenvalue weighted by atomic mass is 10.1. The van der Waals surface area contributed by atoms with Gasteiger partial charge in [-0.05, 0) is 36.4 Å². The number of benzene rings is 2. The number of hydrogen-bond acceptors (Lipinski definition) is 6. The van der Waals surface area contributed by atoms with Crippen LogP contribution < -0.4 is 15.4 Å². The van der Waals surface area contributed by atoms with Crippen LogP contribution in [0.2, 0.25) is 0 Å². The number of ether oxygens (including phenoxy) is 1. The van der Waals surface area contributed by atoms with Gasteiger partial charge in [-0.3, -0.25) is 4.79 Å². The van der Waals surface area contributed by atoms with Crippen LogP contribution in [0.4, 0.5) is 29.1 Å². The molecule has 32 heavy (non-hydrogen) atoms. The van der Waals surface area contributed by atoms with Gasteiger partial charge in [-0.15, -0.1) is 13.2 Å². The number of carbonyl (C=O) groups excluding carboxylic acids is 1. The molecule has 0 spiro atoms. The Hall–Kier alpha value is -3.76. The maximum absolute atomic E-state index is 13.1. The first-order valence-electron chi connectivity index (χ1n) is 9.62. The molecule has 1 aliphatic heterocycles. The molecule has 11 heteroatoms. The van der Waals surface area contributed by atoms with E-state index in [1.165, 1.54) is 24.3 Å². The van der Waals surface area contributed by atoms with Crippen molar-refractivity contribution in [2.24, 2.45) is 0 Å². The van der Waals surface area contributed by atoms with Gasteiger partial charge in [0.1, 0.15) is 22.8 Å². The van der Waals surface area contributed by atoms with Crippen LogP contribution in [0.3, 0.4) is 0 Å².